The maximum absolute atomic E-state index is 4.79. The standard InChI is InChI=1S/C25H27N3/c1-17-4-3-5-25(27-17)28(23-12-13-26-18(2)14-23)22-10-8-20(9-11-22)24-16-19-6-7-21(24)15-19/h3-5,8-14,19,21,24H,6-7,15-16H2,1-2H3. The lowest BCUT2D eigenvalue weighted by atomic mass is 9.83. The summed E-state index contributed by atoms with van der Waals surface area (Å²) in [5.74, 6) is 3.59. The molecule has 0 amide bonds. The molecule has 3 heteroatoms. The molecule has 2 saturated carbocycles. The van der Waals surface area contributed by atoms with E-state index in [2.05, 4.69) is 58.4 Å². The Morgan fingerprint density at radius 2 is 1.71 bits per heavy atom. The first kappa shape index (κ1) is 17.4. The van der Waals surface area contributed by atoms with E-state index in [0.29, 0.717) is 0 Å². The molecular formula is C25H27N3. The van der Waals surface area contributed by atoms with Gasteiger partial charge in [0.05, 0.1) is 5.69 Å². The van der Waals surface area contributed by atoms with Crippen LogP contribution in [0.5, 0.6) is 0 Å². The number of benzene rings is 1. The van der Waals surface area contributed by atoms with Crippen LogP contribution >= 0.6 is 0 Å². The van der Waals surface area contributed by atoms with Crippen LogP contribution in [0.3, 0.4) is 0 Å². The summed E-state index contributed by atoms with van der Waals surface area (Å²) in [6.07, 6.45) is 7.58. The topological polar surface area (TPSA) is 29.0 Å². The van der Waals surface area contributed by atoms with E-state index >= 15 is 0 Å². The molecule has 2 aliphatic carbocycles. The van der Waals surface area contributed by atoms with E-state index in [-0.39, 0.29) is 0 Å². The van der Waals surface area contributed by atoms with Crippen LogP contribution < -0.4 is 4.90 Å². The molecule has 2 heterocycles. The molecule has 142 valence electrons. The molecule has 28 heavy (non-hydrogen) atoms. The van der Waals surface area contributed by atoms with Crippen molar-refractivity contribution in [1.82, 2.24) is 9.97 Å². The number of rotatable bonds is 4. The van der Waals surface area contributed by atoms with Crippen molar-refractivity contribution < 1.29 is 0 Å². The fourth-order valence-electron chi connectivity index (χ4n) is 5.26. The second-order valence-corrected chi connectivity index (χ2v) is 8.50. The Kier molecular flexibility index (Phi) is 4.38. The number of hydrogen-bond donors (Lipinski definition) is 0. The molecule has 5 rings (SSSR count). The minimum absolute atomic E-state index is 0.765. The molecule has 0 N–H and O–H groups in total. The molecule has 3 unspecified atom stereocenters. The summed E-state index contributed by atoms with van der Waals surface area (Å²) in [7, 11) is 0. The normalized spacial score (nSPS) is 23.1. The lowest BCUT2D eigenvalue weighted by molar-refractivity contribution is 0.420. The second-order valence-electron chi connectivity index (χ2n) is 8.50. The van der Waals surface area contributed by atoms with Gasteiger partial charge in [-0.25, -0.2) is 4.98 Å². The van der Waals surface area contributed by atoms with E-state index in [1.807, 2.05) is 26.1 Å². The quantitative estimate of drug-likeness (QED) is 0.528. The predicted molar refractivity (Wildman–Crippen MR) is 114 cm³/mol. The fraction of sp³-hybridized carbons (Fsp3) is 0.360. The molecule has 2 aliphatic rings. The average molecular weight is 370 g/mol. The number of aryl methyl sites for hydroxylation is 2. The van der Waals surface area contributed by atoms with Gasteiger partial charge in [-0.3, -0.25) is 9.88 Å². The van der Waals surface area contributed by atoms with Crippen molar-refractivity contribution in [2.75, 3.05) is 4.90 Å². The smallest absolute Gasteiger partial charge is 0.137 e. The van der Waals surface area contributed by atoms with E-state index < -0.39 is 0 Å². The molecule has 0 aliphatic heterocycles. The van der Waals surface area contributed by atoms with E-state index in [1.54, 1.807) is 0 Å². The van der Waals surface area contributed by atoms with Crippen molar-refractivity contribution >= 4 is 17.2 Å². The molecule has 0 spiro atoms. The molecule has 1 aromatic carbocycles. The van der Waals surface area contributed by atoms with Gasteiger partial charge in [-0.1, -0.05) is 24.6 Å². The summed E-state index contributed by atoms with van der Waals surface area (Å²) < 4.78 is 0. The van der Waals surface area contributed by atoms with Gasteiger partial charge >= 0.3 is 0 Å². The first-order valence-corrected chi connectivity index (χ1v) is 10.4. The third-order valence-electron chi connectivity index (χ3n) is 6.56. The SMILES string of the molecule is Cc1cc(N(c2ccc(C3CC4CCC3C4)cc2)c2cccc(C)n2)ccn1. The Hall–Kier alpha value is -2.68. The van der Waals surface area contributed by atoms with Crippen LogP contribution in [0.4, 0.5) is 17.2 Å². The van der Waals surface area contributed by atoms with E-state index in [0.717, 1.165) is 46.3 Å². The van der Waals surface area contributed by atoms with Crippen LogP contribution in [0.15, 0.2) is 60.8 Å². The third kappa shape index (κ3) is 3.19. The van der Waals surface area contributed by atoms with Gasteiger partial charge in [0.15, 0.2) is 0 Å². The van der Waals surface area contributed by atoms with Crippen molar-refractivity contribution in [3.63, 3.8) is 0 Å². The number of aromatic nitrogens is 2. The van der Waals surface area contributed by atoms with Crippen LogP contribution in [0.25, 0.3) is 0 Å². The summed E-state index contributed by atoms with van der Waals surface area (Å²) in [5.41, 5.74) is 5.79. The van der Waals surface area contributed by atoms with Crippen LogP contribution in [0.2, 0.25) is 0 Å². The lowest BCUT2D eigenvalue weighted by Gasteiger charge is -2.26. The van der Waals surface area contributed by atoms with Crippen molar-refractivity contribution in [3.8, 4) is 0 Å². The Bertz CT molecular complexity index is 934. The third-order valence-corrected chi connectivity index (χ3v) is 6.56. The fourth-order valence-corrected chi connectivity index (χ4v) is 5.26. The maximum Gasteiger partial charge on any atom is 0.137 e. The van der Waals surface area contributed by atoms with Gasteiger partial charge in [-0.05, 0) is 92.8 Å². The van der Waals surface area contributed by atoms with Crippen LogP contribution in [0.1, 0.15) is 48.6 Å². The van der Waals surface area contributed by atoms with Gasteiger partial charge in [-0.15, -0.1) is 0 Å². The molecule has 3 nitrogen and oxygen atoms in total. The molecule has 2 fully saturated rings. The van der Waals surface area contributed by atoms with Gasteiger partial charge in [0.1, 0.15) is 5.82 Å². The maximum atomic E-state index is 4.79. The largest absolute Gasteiger partial charge is 0.295 e. The summed E-state index contributed by atoms with van der Waals surface area (Å²) in [6, 6.07) is 19.6. The number of anilines is 3. The molecule has 0 radical (unpaired) electrons. The molecule has 2 bridgehead atoms. The summed E-state index contributed by atoms with van der Waals surface area (Å²) in [4.78, 5) is 11.4. The summed E-state index contributed by atoms with van der Waals surface area (Å²) >= 11 is 0. The van der Waals surface area contributed by atoms with E-state index in [1.165, 1.54) is 31.2 Å². The molecule has 3 aromatic rings. The highest BCUT2D eigenvalue weighted by atomic mass is 15.2. The van der Waals surface area contributed by atoms with Crippen LogP contribution in [-0.2, 0) is 0 Å². The molecule has 2 aromatic heterocycles. The minimum atomic E-state index is 0.765. The number of pyridine rings is 2. The highest BCUT2D eigenvalue weighted by molar-refractivity contribution is 5.74. The zero-order valence-corrected chi connectivity index (χ0v) is 16.7. The zero-order chi connectivity index (χ0) is 19.1. The van der Waals surface area contributed by atoms with E-state index in [4.69, 9.17) is 4.98 Å². The average Bonchev–Trinajstić information content (AvgIpc) is 3.33. The van der Waals surface area contributed by atoms with Gasteiger partial charge < -0.3 is 0 Å². The molecule has 0 saturated heterocycles. The van der Waals surface area contributed by atoms with Crippen molar-refractivity contribution in [2.45, 2.75) is 45.4 Å². The number of fused-ring (bicyclic) bond motifs is 2. The Morgan fingerprint density at radius 3 is 2.39 bits per heavy atom. The van der Waals surface area contributed by atoms with E-state index in [9.17, 15) is 0 Å². The monoisotopic (exact) mass is 369 g/mol. The molecular weight excluding hydrogens is 342 g/mol. The number of hydrogen-bond acceptors (Lipinski definition) is 3. The van der Waals surface area contributed by atoms with Crippen molar-refractivity contribution in [1.29, 1.82) is 0 Å². The molecule has 3 atom stereocenters. The first-order valence-electron chi connectivity index (χ1n) is 10.4. The zero-order valence-electron chi connectivity index (χ0n) is 16.7. The van der Waals surface area contributed by atoms with Gasteiger partial charge in [0.2, 0.25) is 0 Å². The van der Waals surface area contributed by atoms with Crippen LogP contribution in [-0.4, -0.2) is 9.97 Å². The van der Waals surface area contributed by atoms with Gasteiger partial charge in [0.25, 0.3) is 0 Å². The lowest BCUT2D eigenvalue weighted by Crippen LogP contribution is -2.13. The van der Waals surface area contributed by atoms with Crippen molar-refractivity contribution in [2.24, 2.45) is 11.8 Å². The highest BCUT2D eigenvalue weighted by Crippen LogP contribution is 2.53. The minimum Gasteiger partial charge on any atom is -0.295 e. The summed E-state index contributed by atoms with van der Waals surface area (Å²) in [6.45, 7) is 4.07. The Labute approximate surface area is 167 Å². The van der Waals surface area contributed by atoms with Gasteiger partial charge in [-0.2, -0.15) is 0 Å². The predicted octanol–water partition coefficient (Wildman–Crippen LogP) is 6.47. The van der Waals surface area contributed by atoms with Crippen molar-refractivity contribution in [3.05, 3.63) is 77.7 Å². The first-order chi connectivity index (χ1) is 13.7. The second kappa shape index (κ2) is 7.05. The Balaban J connectivity index is 1.52. The van der Waals surface area contributed by atoms with Crippen LogP contribution in [0, 0.1) is 25.7 Å². The van der Waals surface area contributed by atoms with Gasteiger partial charge in [0, 0.05) is 23.3 Å². The summed E-state index contributed by atoms with van der Waals surface area (Å²) in [5, 5.41) is 0. The highest BCUT2D eigenvalue weighted by Gasteiger charge is 2.40. The number of nitrogens with zero attached hydrogens (tertiary/aromatic N) is 3. The Morgan fingerprint density at radius 1 is 0.857 bits per heavy atom.